The van der Waals surface area contributed by atoms with E-state index in [1.54, 1.807) is 28.8 Å². The second kappa shape index (κ2) is 6.08. The summed E-state index contributed by atoms with van der Waals surface area (Å²) >= 11 is 7.57. The van der Waals surface area contributed by atoms with Gasteiger partial charge in [0.15, 0.2) is 0 Å². The summed E-state index contributed by atoms with van der Waals surface area (Å²) in [6.07, 6.45) is 0.648. The largest absolute Gasteiger partial charge is 0.370 e. The second-order valence-electron chi connectivity index (χ2n) is 7.06. The molecule has 5 nitrogen and oxygen atoms in total. The van der Waals surface area contributed by atoms with Gasteiger partial charge in [-0.15, -0.1) is 11.3 Å². The number of hydrogen-bond acceptors (Lipinski definition) is 4. The molecule has 1 aromatic carbocycles. The molecule has 0 N–H and O–H groups in total. The van der Waals surface area contributed by atoms with Crippen LogP contribution < -0.4 is 11.2 Å². The number of hydrogen-bond donors (Lipinski definition) is 0. The Morgan fingerprint density at radius 1 is 1.31 bits per heavy atom. The Hall–Kier alpha value is -1.89. The van der Waals surface area contributed by atoms with Crippen LogP contribution in [0.15, 0.2) is 33.9 Å². The summed E-state index contributed by atoms with van der Waals surface area (Å²) in [5.74, 6) is 0. The average molecular weight is 391 g/mol. The van der Waals surface area contributed by atoms with E-state index in [0.29, 0.717) is 35.7 Å². The highest BCUT2D eigenvalue weighted by molar-refractivity contribution is 7.18. The first kappa shape index (κ1) is 17.5. The van der Waals surface area contributed by atoms with Gasteiger partial charge in [0, 0.05) is 22.9 Å². The zero-order valence-corrected chi connectivity index (χ0v) is 16.4. The fourth-order valence-corrected chi connectivity index (χ4v) is 4.94. The van der Waals surface area contributed by atoms with E-state index in [9.17, 15) is 9.59 Å². The van der Waals surface area contributed by atoms with Gasteiger partial charge in [-0.05, 0) is 44.5 Å². The third kappa shape index (κ3) is 2.64. The monoisotopic (exact) mass is 390 g/mol. The Balaban J connectivity index is 2.12. The first-order valence-electron chi connectivity index (χ1n) is 8.52. The highest BCUT2D eigenvalue weighted by atomic mass is 35.5. The topological polar surface area (TPSA) is 53.2 Å². The van der Waals surface area contributed by atoms with Crippen LogP contribution in [0.3, 0.4) is 0 Å². The number of nitrogens with zero attached hydrogens (tertiary/aromatic N) is 2. The molecule has 1 aliphatic rings. The Morgan fingerprint density at radius 3 is 2.77 bits per heavy atom. The molecule has 4 rings (SSSR count). The number of fused-ring (bicyclic) bond motifs is 3. The van der Waals surface area contributed by atoms with Crippen molar-refractivity contribution < 1.29 is 4.74 Å². The van der Waals surface area contributed by atoms with Gasteiger partial charge in [-0.2, -0.15) is 0 Å². The van der Waals surface area contributed by atoms with Gasteiger partial charge in [0.2, 0.25) is 0 Å². The standard InChI is InChI=1S/C19H19ClN2O3S/c1-4-21-17-15(13-9-19(2,3)25-10-14(13)26-17)16(23)22(18(21)24)12-7-5-6-11(20)8-12/h5-8H,4,9-10H2,1-3H3. The van der Waals surface area contributed by atoms with Crippen LogP contribution in [0.5, 0.6) is 0 Å². The Labute approximate surface area is 159 Å². The van der Waals surface area contributed by atoms with Crippen LogP contribution in [0.1, 0.15) is 31.2 Å². The van der Waals surface area contributed by atoms with Crippen LogP contribution in [0.4, 0.5) is 0 Å². The zero-order chi connectivity index (χ0) is 18.6. The van der Waals surface area contributed by atoms with Crippen LogP contribution >= 0.6 is 22.9 Å². The van der Waals surface area contributed by atoms with Gasteiger partial charge in [0.1, 0.15) is 4.83 Å². The van der Waals surface area contributed by atoms with Gasteiger partial charge >= 0.3 is 5.69 Å². The molecule has 0 aliphatic carbocycles. The van der Waals surface area contributed by atoms with Gasteiger partial charge in [-0.25, -0.2) is 9.36 Å². The zero-order valence-electron chi connectivity index (χ0n) is 14.8. The smallest absolute Gasteiger partial charge is 0.336 e. The van der Waals surface area contributed by atoms with Crippen molar-refractivity contribution >= 4 is 33.2 Å². The number of halogens is 1. The SMILES string of the molecule is CCn1c(=O)n(-c2cccc(Cl)c2)c(=O)c2c3c(sc21)COC(C)(C)C3. The average Bonchev–Trinajstić information content (AvgIpc) is 2.92. The molecule has 0 spiro atoms. The molecule has 3 heterocycles. The van der Waals surface area contributed by atoms with E-state index in [1.807, 2.05) is 20.8 Å². The van der Waals surface area contributed by atoms with Gasteiger partial charge in [-0.1, -0.05) is 17.7 Å². The van der Waals surface area contributed by atoms with E-state index in [2.05, 4.69) is 0 Å². The van der Waals surface area contributed by atoms with Gasteiger partial charge in [0.05, 0.1) is 23.3 Å². The van der Waals surface area contributed by atoms with E-state index in [1.165, 1.54) is 15.9 Å². The summed E-state index contributed by atoms with van der Waals surface area (Å²) in [6, 6.07) is 6.83. The lowest BCUT2D eigenvalue weighted by Crippen LogP contribution is -2.39. The van der Waals surface area contributed by atoms with E-state index in [4.69, 9.17) is 16.3 Å². The van der Waals surface area contributed by atoms with Crippen molar-refractivity contribution in [1.82, 2.24) is 9.13 Å². The van der Waals surface area contributed by atoms with Crippen molar-refractivity contribution in [2.75, 3.05) is 0 Å². The van der Waals surface area contributed by atoms with Gasteiger partial charge in [-0.3, -0.25) is 9.36 Å². The molecule has 0 radical (unpaired) electrons. The minimum atomic E-state index is -0.342. The molecule has 0 saturated heterocycles. The fourth-order valence-electron chi connectivity index (χ4n) is 3.48. The van der Waals surface area contributed by atoms with Crippen LogP contribution in [-0.4, -0.2) is 14.7 Å². The molecule has 26 heavy (non-hydrogen) atoms. The molecule has 0 amide bonds. The Morgan fingerprint density at radius 2 is 2.08 bits per heavy atom. The van der Waals surface area contributed by atoms with Gasteiger partial charge < -0.3 is 4.74 Å². The molecule has 136 valence electrons. The molecule has 2 aromatic heterocycles. The van der Waals surface area contributed by atoms with Crippen molar-refractivity contribution in [3.8, 4) is 5.69 Å². The lowest BCUT2D eigenvalue weighted by molar-refractivity contribution is -0.0379. The van der Waals surface area contributed by atoms with Crippen molar-refractivity contribution in [3.05, 3.63) is 60.6 Å². The van der Waals surface area contributed by atoms with E-state index < -0.39 is 0 Å². The maximum Gasteiger partial charge on any atom is 0.336 e. The minimum Gasteiger partial charge on any atom is -0.370 e. The second-order valence-corrected chi connectivity index (χ2v) is 8.58. The summed E-state index contributed by atoms with van der Waals surface area (Å²) in [5, 5.41) is 1.11. The molecule has 1 aliphatic heterocycles. The van der Waals surface area contributed by atoms with Crippen LogP contribution in [0.25, 0.3) is 15.9 Å². The van der Waals surface area contributed by atoms with E-state index >= 15 is 0 Å². The van der Waals surface area contributed by atoms with Crippen molar-refractivity contribution in [1.29, 1.82) is 0 Å². The number of benzene rings is 1. The number of aromatic nitrogens is 2. The fraction of sp³-hybridized carbons (Fsp3) is 0.368. The highest BCUT2D eigenvalue weighted by Crippen LogP contribution is 2.37. The number of thiophene rings is 1. The summed E-state index contributed by atoms with van der Waals surface area (Å²) in [7, 11) is 0. The Bertz CT molecular complexity index is 1140. The van der Waals surface area contributed by atoms with Crippen LogP contribution in [0.2, 0.25) is 5.02 Å². The quantitative estimate of drug-likeness (QED) is 0.669. The van der Waals surface area contributed by atoms with Crippen LogP contribution in [0, 0.1) is 0 Å². The van der Waals surface area contributed by atoms with E-state index in [-0.39, 0.29) is 16.9 Å². The third-order valence-electron chi connectivity index (χ3n) is 4.74. The minimum absolute atomic E-state index is 0.285. The molecule has 3 aromatic rings. The summed E-state index contributed by atoms with van der Waals surface area (Å²) in [5.41, 5.74) is 0.534. The van der Waals surface area contributed by atoms with Crippen LogP contribution in [-0.2, 0) is 24.3 Å². The first-order valence-corrected chi connectivity index (χ1v) is 9.72. The molecule has 0 fully saturated rings. The van der Waals surface area contributed by atoms with Gasteiger partial charge in [0.25, 0.3) is 5.56 Å². The highest BCUT2D eigenvalue weighted by Gasteiger charge is 2.31. The van der Waals surface area contributed by atoms with Crippen molar-refractivity contribution in [2.45, 2.75) is 45.9 Å². The predicted molar refractivity (Wildman–Crippen MR) is 105 cm³/mol. The Kier molecular flexibility index (Phi) is 4.10. The normalized spacial score (nSPS) is 16.0. The molecular weight excluding hydrogens is 372 g/mol. The third-order valence-corrected chi connectivity index (χ3v) is 6.20. The molecule has 0 atom stereocenters. The van der Waals surface area contributed by atoms with Crippen molar-refractivity contribution in [2.24, 2.45) is 0 Å². The van der Waals surface area contributed by atoms with E-state index in [0.717, 1.165) is 15.3 Å². The predicted octanol–water partition coefficient (Wildman–Crippen LogP) is 3.74. The maximum atomic E-state index is 13.3. The lowest BCUT2D eigenvalue weighted by Gasteiger charge is -2.29. The number of ether oxygens (including phenoxy) is 1. The summed E-state index contributed by atoms with van der Waals surface area (Å²) < 4.78 is 8.78. The molecule has 0 bridgehead atoms. The molecule has 7 heteroatoms. The maximum absolute atomic E-state index is 13.3. The number of aryl methyl sites for hydroxylation is 1. The van der Waals surface area contributed by atoms with Crippen molar-refractivity contribution in [3.63, 3.8) is 0 Å². The summed E-state index contributed by atoms with van der Waals surface area (Å²) in [4.78, 5) is 28.1. The molecule has 0 unspecified atom stereocenters. The molecular formula is C19H19ClN2O3S. The molecule has 0 saturated carbocycles. The summed E-state index contributed by atoms with van der Waals surface area (Å²) in [6.45, 7) is 6.90. The number of rotatable bonds is 2. The lowest BCUT2D eigenvalue weighted by atomic mass is 9.94. The first-order chi connectivity index (χ1) is 12.3.